The van der Waals surface area contributed by atoms with Crippen molar-refractivity contribution in [3.05, 3.63) is 54.3 Å². The summed E-state index contributed by atoms with van der Waals surface area (Å²) in [6.45, 7) is 0.679. The summed E-state index contributed by atoms with van der Waals surface area (Å²) in [5.41, 5.74) is 6.75. The summed E-state index contributed by atoms with van der Waals surface area (Å²) >= 11 is 0. The lowest BCUT2D eigenvalue weighted by Gasteiger charge is -2.09. The molecular weight excluding hydrogens is 273 g/mol. The number of anilines is 2. The highest BCUT2D eigenvalue weighted by atomic mass is 19.1. The number of hydrogen-bond donors (Lipinski definition) is 3. The first kappa shape index (κ1) is 14.6. The number of hydrogen-bond acceptors (Lipinski definition) is 3. The molecule has 2 aromatic rings. The normalized spacial score (nSPS) is 9.95. The average molecular weight is 289 g/mol. The van der Waals surface area contributed by atoms with E-state index in [0.717, 1.165) is 0 Å². The SMILES string of the molecule is Nc1ccc(OCCNC(=O)Nc2ccc(F)cc2)cc1. The third kappa shape index (κ3) is 5.02. The molecular formula is C15H16FN3O2. The molecule has 0 bridgehead atoms. The van der Waals surface area contributed by atoms with E-state index in [-0.39, 0.29) is 11.8 Å². The van der Waals surface area contributed by atoms with E-state index in [1.807, 2.05) is 0 Å². The summed E-state index contributed by atoms with van der Waals surface area (Å²) in [4.78, 5) is 11.6. The van der Waals surface area contributed by atoms with Crippen LogP contribution < -0.4 is 21.1 Å². The predicted octanol–water partition coefficient (Wildman–Crippen LogP) is 2.61. The first-order valence-corrected chi connectivity index (χ1v) is 6.42. The van der Waals surface area contributed by atoms with Gasteiger partial charge in [-0.1, -0.05) is 0 Å². The summed E-state index contributed by atoms with van der Waals surface area (Å²) in [5, 5.41) is 5.22. The second-order valence-electron chi connectivity index (χ2n) is 4.31. The summed E-state index contributed by atoms with van der Waals surface area (Å²) in [7, 11) is 0. The van der Waals surface area contributed by atoms with Crippen molar-refractivity contribution in [2.24, 2.45) is 0 Å². The Morgan fingerprint density at radius 1 is 1.10 bits per heavy atom. The number of urea groups is 1. The van der Waals surface area contributed by atoms with Crippen molar-refractivity contribution in [1.82, 2.24) is 5.32 Å². The third-order valence-electron chi connectivity index (χ3n) is 2.64. The molecule has 2 aromatic carbocycles. The zero-order chi connectivity index (χ0) is 15.1. The average Bonchev–Trinajstić information content (AvgIpc) is 2.48. The second kappa shape index (κ2) is 7.14. The van der Waals surface area contributed by atoms with Crippen molar-refractivity contribution in [3.63, 3.8) is 0 Å². The zero-order valence-corrected chi connectivity index (χ0v) is 11.3. The van der Waals surface area contributed by atoms with Crippen LogP contribution in [-0.2, 0) is 0 Å². The van der Waals surface area contributed by atoms with Gasteiger partial charge < -0.3 is 21.1 Å². The number of nitrogens with two attached hydrogens (primary N) is 1. The number of nitrogen functional groups attached to an aromatic ring is 1. The van der Waals surface area contributed by atoms with E-state index in [4.69, 9.17) is 10.5 Å². The molecule has 0 heterocycles. The van der Waals surface area contributed by atoms with Gasteiger partial charge in [0.2, 0.25) is 0 Å². The molecule has 5 nitrogen and oxygen atoms in total. The number of benzene rings is 2. The monoisotopic (exact) mass is 289 g/mol. The number of carbonyl (C=O) groups excluding carboxylic acids is 1. The Labute approximate surface area is 121 Å². The predicted molar refractivity (Wildman–Crippen MR) is 79.8 cm³/mol. The Morgan fingerprint density at radius 3 is 2.43 bits per heavy atom. The van der Waals surface area contributed by atoms with Crippen molar-refractivity contribution in [3.8, 4) is 5.75 Å². The number of amides is 2. The van der Waals surface area contributed by atoms with E-state index >= 15 is 0 Å². The molecule has 2 rings (SSSR count). The Bertz CT molecular complexity index is 585. The molecule has 0 atom stereocenters. The van der Waals surface area contributed by atoms with E-state index in [9.17, 15) is 9.18 Å². The van der Waals surface area contributed by atoms with E-state index in [1.165, 1.54) is 24.3 Å². The molecule has 0 unspecified atom stereocenters. The zero-order valence-electron chi connectivity index (χ0n) is 11.3. The fourth-order valence-corrected chi connectivity index (χ4v) is 1.61. The van der Waals surface area contributed by atoms with Crippen LogP contribution >= 0.6 is 0 Å². The van der Waals surface area contributed by atoms with Crippen LogP contribution in [0.15, 0.2) is 48.5 Å². The molecule has 0 spiro atoms. The largest absolute Gasteiger partial charge is 0.492 e. The fourth-order valence-electron chi connectivity index (χ4n) is 1.61. The van der Waals surface area contributed by atoms with Gasteiger partial charge in [0.1, 0.15) is 18.2 Å². The van der Waals surface area contributed by atoms with Crippen molar-refractivity contribution in [1.29, 1.82) is 0 Å². The molecule has 4 N–H and O–H groups in total. The molecule has 0 aliphatic carbocycles. The Morgan fingerprint density at radius 2 is 1.76 bits per heavy atom. The highest BCUT2D eigenvalue weighted by Gasteiger charge is 2.01. The van der Waals surface area contributed by atoms with Gasteiger partial charge in [-0.2, -0.15) is 0 Å². The Hall–Kier alpha value is -2.76. The minimum atomic E-state index is -0.373. The van der Waals surface area contributed by atoms with Gasteiger partial charge in [-0.05, 0) is 48.5 Å². The maximum Gasteiger partial charge on any atom is 0.319 e. The van der Waals surface area contributed by atoms with Gasteiger partial charge in [0.25, 0.3) is 0 Å². The molecule has 0 aromatic heterocycles. The van der Waals surface area contributed by atoms with E-state index in [0.29, 0.717) is 30.3 Å². The van der Waals surface area contributed by atoms with Gasteiger partial charge in [-0.3, -0.25) is 0 Å². The minimum Gasteiger partial charge on any atom is -0.492 e. The van der Waals surface area contributed by atoms with Crippen LogP contribution in [-0.4, -0.2) is 19.2 Å². The molecule has 0 saturated carbocycles. The van der Waals surface area contributed by atoms with Crippen LogP contribution in [0.3, 0.4) is 0 Å². The summed E-state index contributed by atoms with van der Waals surface area (Å²) < 4.78 is 18.1. The van der Waals surface area contributed by atoms with Crippen molar-refractivity contribution >= 4 is 17.4 Å². The number of nitrogens with one attached hydrogen (secondary N) is 2. The fraction of sp³-hybridized carbons (Fsp3) is 0.133. The maximum atomic E-state index is 12.7. The van der Waals surface area contributed by atoms with Gasteiger partial charge in [0.15, 0.2) is 0 Å². The maximum absolute atomic E-state index is 12.7. The molecule has 110 valence electrons. The molecule has 0 fully saturated rings. The smallest absolute Gasteiger partial charge is 0.319 e. The van der Waals surface area contributed by atoms with Crippen LogP contribution in [0, 0.1) is 5.82 Å². The summed E-state index contributed by atoms with van der Waals surface area (Å²) in [6.07, 6.45) is 0. The molecule has 0 aliphatic rings. The van der Waals surface area contributed by atoms with Crippen LogP contribution in [0.5, 0.6) is 5.75 Å². The lowest BCUT2D eigenvalue weighted by atomic mass is 10.3. The number of rotatable bonds is 5. The standard InChI is InChI=1S/C15H16FN3O2/c16-11-1-5-13(6-2-11)19-15(20)18-9-10-21-14-7-3-12(17)4-8-14/h1-8H,9-10,17H2,(H2,18,19,20). The highest BCUT2D eigenvalue weighted by molar-refractivity contribution is 5.89. The van der Waals surface area contributed by atoms with E-state index in [1.54, 1.807) is 24.3 Å². The number of halogens is 1. The Kier molecular flexibility index (Phi) is 4.98. The van der Waals surface area contributed by atoms with Crippen LogP contribution in [0.25, 0.3) is 0 Å². The van der Waals surface area contributed by atoms with Gasteiger partial charge in [-0.25, -0.2) is 9.18 Å². The van der Waals surface area contributed by atoms with Crippen LogP contribution in [0.4, 0.5) is 20.6 Å². The lowest BCUT2D eigenvalue weighted by molar-refractivity contribution is 0.247. The van der Waals surface area contributed by atoms with Crippen molar-refractivity contribution in [2.75, 3.05) is 24.2 Å². The molecule has 2 amide bonds. The number of ether oxygens (including phenoxy) is 1. The van der Waals surface area contributed by atoms with Crippen LogP contribution in [0.1, 0.15) is 0 Å². The third-order valence-corrected chi connectivity index (χ3v) is 2.64. The lowest BCUT2D eigenvalue weighted by Crippen LogP contribution is -2.32. The van der Waals surface area contributed by atoms with Gasteiger partial charge in [-0.15, -0.1) is 0 Å². The van der Waals surface area contributed by atoms with Crippen LogP contribution in [0.2, 0.25) is 0 Å². The highest BCUT2D eigenvalue weighted by Crippen LogP contribution is 2.12. The van der Waals surface area contributed by atoms with Gasteiger partial charge >= 0.3 is 6.03 Å². The minimum absolute atomic E-state index is 0.334. The first-order valence-electron chi connectivity index (χ1n) is 6.42. The topological polar surface area (TPSA) is 76.4 Å². The first-order chi connectivity index (χ1) is 10.1. The van der Waals surface area contributed by atoms with E-state index in [2.05, 4.69) is 10.6 Å². The van der Waals surface area contributed by atoms with Gasteiger partial charge in [0.05, 0.1) is 6.54 Å². The quantitative estimate of drug-likeness (QED) is 0.585. The second-order valence-corrected chi connectivity index (χ2v) is 4.31. The molecule has 0 saturated heterocycles. The van der Waals surface area contributed by atoms with Crippen molar-refractivity contribution in [2.45, 2.75) is 0 Å². The summed E-state index contributed by atoms with van der Waals surface area (Å²) in [6, 6.07) is 12.2. The summed E-state index contributed by atoms with van der Waals surface area (Å²) in [5.74, 6) is 0.336. The number of carbonyl (C=O) groups is 1. The molecule has 0 radical (unpaired) electrons. The van der Waals surface area contributed by atoms with Crippen molar-refractivity contribution < 1.29 is 13.9 Å². The van der Waals surface area contributed by atoms with Gasteiger partial charge in [0, 0.05) is 11.4 Å². The Balaban J connectivity index is 1.67. The van der Waals surface area contributed by atoms with E-state index < -0.39 is 0 Å². The molecule has 21 heavy (non-hydrogen) atoms. The molecule has 6 heteroatoms. The molecule has 0 aliphatic heterocycles.